The van der Waals surface area contributed by atoms with Crippen molar-refractivity contribution in [3.63, 3.8) is 0 Å². The highest BCUT2D eigenvalue weighted by Crippen LogP contribution is 2.34. The maximum absolute atomic E-state index is 13.0. The summed E-state index contributed by atoms with van der Waals surface area (Å²) < 4.78 is 45.4. The zero-order valence-corrected chi connectivity index (χ0v) is 22.5. The molecule has 5 rings (SSSR count). The molecule has 38 heavy (non-hydrogen) atoms. The van der Waals surface area contributed by atoms with Crippen LogP contribution in [0, 0.1) is 0 Å². The van der Waals surface area contributed by atoms with E-state index in [1.54, 1.807) is 49.4 Å². The highest BCUT2D eigenvalue weighted by Gasteiger charge is 2.26. The third-order valence-electron chi connectivity index (χ3n) is 5.97. The summed E-state index contributed by atoms with van der Waals surface area (Å²) >= 11 is 1.40. The van der Waals surface area contributed by atoms with Gasteiger partial charge in [0.05, 0.1) is 55.6 Å². The minimum atomic E-state index is -3.58. The van der Waals surface area contributed by atoms with Crippen LogP contribution in [0.15, 0.2) is 81.2 Å². The molecule has 4 aromatic rings. The van der Waals surface area contributed by atoms with Gasteiger partial charge in [0.1, 0.15) is 11.5 Å². The number of nitrogens with zero attached hydrogens (tertiary/aromatic N) is 4. The number of morpholine rings is 1. The van der Waals surface area contributed by atoms with Crippen LogP contribution in [0.4, 0.5) is 5.69 Å². The van der Waals surface area contributed by atoms with Crippen LogP contribution < -0.4 is 14.3 Å². The lowest BCUT2D eigenvalue weighted by atomic mass is 10.1. The largest absolute Gasteiger partial charge is 0.497 e. The van der Waals surface area contributed by atoms with E-state index in [9.17, 15) is 8.42 Å². The Hall–Kier alpha value is -3.71. The Morgan fingerprint density at radius 1 is 1.05 bits per heavy atom. The fourth-order valence-electron chi connectivity index (χ4n) is 3.97. The number of methoxy groups -OCH3 is 2. The van der Waals surface area contributed by atoms with Gasteiger partial charge in [-0.2, -0.15) is 9.41 Å². The summed E-state index contributed by atoms with van der Waals surface area (Å²) in [6.07, 6.45) is 3.53. The quantitative estimate of drug-likeness (QED) is 0.335. The molecule has 0 unspecified atom stereocenters. The van der Waals surface area contributed by atoms with Gasteiger partial charge in [0.25, 0.3) is 0 Å². The Labute approximate surface area is 224 Å². The molecule has 198 valence electrons. The van der Waals surface area contributed by atoms with Crippen LogP contribution in [-0.4, -0.2) is 69.1 Å². The van der Waals surface area contributed by atoms with Gasteiger partial charge in [0, 0.05) is 30.2 Å². The molecule has 0 amide bonds. The minimum Gasteiger partial charge on any atom is -0.497 e. The summed E-state index contributed by atoms with van der Waals surface area (Å²) in [5.41, 5.74) is 2.98. The summed E-state index contributed by atoms with van der Waals surface area (Å²) in [4.78, 5) is 8.71. The number of nitrogens with one attached hydrogen (secondary N) is 1. The predicted molar refractivity (Wildman–Crippen MR) is 146 cm³/mol. The summed E-state index contributed by atoms with van der Waals surface area (Å²) in [5, 5.41) is 6.64. The first-order chi connectivity index (χ1) is 18.5. The van der Waals surface area contributed by atoms with Crippen molar-refractivity contribution < 1.29 is 22.6 Å². The molecule has 0 aliphatic carbocycles. The molecular weight excluding hydrogens is 526 g/mol. The minimum absolute atomic E-state index is 0.226. The third-order valence-corrected chi connectivity index (χ3v) is 8.70. The molecule has 3 heterocycles. The molecule has 1 aliphatic rings. The Morgan fingerprint density at radius 3 is 2.53 bits per heavy atom. The van der Waals surface area contributed by atoms with Crippen LogP contribution in [0.1, 0.15) is 5.69 Å². The van der Waals surface area contributed by atoms with Gasteiger partial charge in [-0.05, 0) is 54.6 Å². The topological polar surface area (TPSA) is 111 Å². The number of hydrogen-bond acceptors (Lipinski definition) is 8. The van der Waals surface area contributed by atoms with E-state index in [1.807, 2.05) is 41.9 Å². The number of aromatic amines is 1. The van der Waals surface area contributed by atoms with E-state index in [1.165, 1.54) is 15.6 Å². The van der Waals surface area contributed by atoms with Crippen LogP contribution in [0.25, 0.3) is 11.3 Å². The Kier molecular flexibility index (Phi) is 7.74. The van der Waals surface area contributed by atoms with Gasteiger partial charge < -0.3 is 19.2 Å². The fraction of sp³-hybridized carbons (Fsp3) is 0.231. The SMILES string of the molecule is COc1ccc(OC)c(-c2csc(=Nc3ccc(S(=O)(=O)N4CCOCC4)cc3)n2N=Cc2ccc[nH]2)c1. The molecule has 1 fully saturated rings. The van der Waals surface area contributed by atoms with Gasteiger partial charge in [-0.1, -0.05) is 0 Å². The van der Waals surface area contributed by atoms with Crippen LogP contribution >= 0.6 is 11.3 Å². The highest BCUT2D eigenvalue weighted by atomic mass is 32.2. The van der Waals surface area contributed by atoms with E-state index in [0.717, 1.165) is 17.0 Å². The Morgan fingerprint density at radius 2 is 1.84 bits per heavy atom. The number of sulfonamides is 1. The monoisotopic (exact) mass is 553 g/mol. The van der Waals surface area contributed by atoms with Crippen LogP contribution in [-0.2, 0) is 14.8 Å². The Balaban J connectivity index is 1.55. The van der Waals surface area contributed by atoms with Crippen LogP contribution in [0.5, 0.6) is 11.5 Å². The lowest BCUT2D eigenvalue weighted by Gasteiger charge is -2.26. The second-order valence-electron chi connectivity index (χ2n) is 8.27. The number of benzene rings is 2. The predicted octanol–water partition coefficient (Wildman–Crippen LogP) is 3.70. The van der Waals surface area contributed by atoms with Crippen molar-refractivity contribution in [3.8, 4) is 22.8 Å². The van der Waals surface area contributed by atoms with E-state index in [2.05, 4.69) is 4.98 Å². The van der Waals surface area contributed by atoms with E-state index in [0.29, 0.717) is 48.3 Å². The maximum Gasteiger partial charge on any atom is 0.243 e. The molecule has 10 nitrogen and oxygen atoms in total. The first-order valence-electron chi connectivity index (χ1n) is 11.8. The second-order valence-corrected chi connectivity index (χ2v) is 11.0. The van der Waals surface area contributed by atoms with E-state index in [-0.39, 0.29) is 4.90 Å². The number of rotatable bonds is 8. The molecule has 0 atom stereocenters. The summed E-state index contributed by atoms with van der Waals surface area (Å²) in [6.45, 7) is 1.49. The molecular formula is C26H27N5O5S2. The summed E-state index contributed by atoms with van der Waals surface area (Å²) in [7, 11) is -0.359. The van der Waals surface area contributed by atoms with Crippen molar-refractivity contribution >= 4 is 33.3 Å². The van der Waals surface area contributed by atoms with Gasteiger partial charge in [0.2, 0.25) is 14.8 Å². The zero-order chi connectivity index (χ0) is 26.5. The van der Waals surface area contributed by atoms with E-state index in [4.69, 9.17) is 24.3 Å². The van der Waals surface area contributed by atoms with Gasteiger partial charge >= 0.3 is 0 Å². The van der Waals surface area contributed by atoms with Crippen molar-refractivity contribution in [2.24, 2.45) is 10.1 Å². The fourth-order valence-corrected chi connectivity index (χ4v) is 6.23. The van der Waals surface area contributed by atoms with Gasteiger partial charge in [-0.15, -0.1) is 11.3 Å². The first kappa shape index (κ1) is 25.9. The van der Waals surface area contributed by atoms with E-state index < -0.39 is 10.0 Å². The normalized spacial score (nSPS) is 15.3. The number of H-pyrrole nitrogens is 1. The van der Waals surface area contributed by atoms with Gasteiger partial charge in [-0.3, -0.25) is 0 Å². The molecule has 0 radical (unpaired) electrons. The van der Waals surface area contributed by atoms with Gasteiger partial charge in [-0.25, -0.2) is 18.1 Å². The standard InChI is InChI=1S/C26H27N5O5S2/c1-34-21-7-10-25(35-2)23(16-21)24-18-37-26(31(24)28-17-20-4-3-11-27-20)29-19-5-8-22(9-6-19)38(32,33)30-12-14-36-15-13-30/h3-11,16-18,27H,12-15H2,1-2H3. The number of thiazole rings is 1. The average molecular weight is 554 g/mol. The molecule has 1 N–H and O–H groups in total. The highest BCUT2D eigenvalue weighted by molar-refractivity contribution is 7.89. The molecule has 1 saturated heterocycles. The molecule has 0 saturated carbocycles. The number of ether oxygens (including phenoxy) is 3. The molecule has 0 spiro atoms. The zero-order valence-electron chi connectivity index (χ0n) is 20.9. The molecule has 2 aromatic carbocycles. The lowest BCUT2D eigenvalue weighted by Crippen LogP contribution is -2.40. The molecule has 2 aromatic heterocycles. The van der Waals surface area contributed by atoms with Crippen molar-refractivity contribution in [3.05, 3.63) is 76.7 Å². The van der Waals surface area contributed by atoms with E-state index >= 15 is 0 Å². The van der Waals surface area contributed by atoms with Crippen molar-refractivity contribution in [2.45, 2.75) is 4.90 Å². The lowest BCUT2D eigenvalue weighted by molar-refractivity contribution is 0.0730. The summed E-state index contributed by atoms with van der Waals surface area (Å²) in [5.74, 6) is 1.35. The van der Waals surface area contributed by atoms with Crippen molar-refractivity contribution in [1.82, 2.24) is 14.0 Å². The molecule has 12 heteroatoms. The smallest absolute Gasteiger partial charge is 0.243 e. The first-order valence-corrected chi connectivity index (χ1v) is 14.1. The maximum atomic E-state index is 13.0. The average Bonchev–Trinajstić information content (AvgIpc) is 3.62. The summed E-state index contributed by atoms with van der Waals surface area (Å²) in [6, 6.07) is 15.9. The molecule has 1 aliphatic heterocycles. The van der Waals surface area contributed by atoms with Crippen LogP contribution in [0.2, 0.25) is 0 Å². The third kappa shape index (κ3) is 5.43. The van der Waals surface area contributed by atoms with Crippen molar-refractivity contribution in [2.75, 3.05) is 40.5 Å². The van der Waals surface area contributed by atoms with Crippen LogP contribution in [0.3, 0.4) is 0 Å². The second kappa shape index (κ2) is 11.4. The Bertz CT molecular complexity index is 1580. The van der Waals surface area contributed by atoms with Gasteiger partial charge in [0.15, 0.2) is 0 Å². The van der Waals surface area contributed by atoms with Crippen molar-refractivity contribution in [1.29, 1.82) is 0 Å². The number of aromatic nitrogens is 2. The number of hydrogen-bond donors (Lipinski definition) is 1. The molecule has 0 bridgehead atoms.